The van der Waals surface area contributed by atoms with Gasteiger partial charge in [-0.1, -0.05) is 194 Å². The molecule has 0 saturated carbocycles. The van der Waals surface area contributed by atoms with E-state index < -0.39 is 31.0 Å². The molecule has 0 aromatic carbocycles. The number of aliphatic hydroxyl groups excluding tert-OH is 2. The van der Waals surface area contributed by atoms with Crippen molar-refractivity contribution in [3.63, 3.8) is 0 Å². The average Bonchev–Trinajstić information content (AvgIpc) is 3.48. The summed E-state index contributed by atoms with van der Waals surface area (Å²) in [5, 5.41) is 21.1. The highest BCUT2D eigenvalue weighted by Gasteiger charge is 2.45. The van der Waals surface area contributed by atoms with Gasteiger partial charge in [0.1, 0.15) is 12.2 Å². The van der Waals surface area contributed by atoms with Gasteiger partial charge in [-0.2, -0.15) is 0 Å². The van der Waals surface area contributed by atoms with Crippen molar-refractivity contribution in [2.45, 2.75) is 244 Å². The Balaban J connectivity index is 2.12. The molecule has 0 unspecified atom stereocenters. The van der Waals surface area contributed by atoms with Gasteiger partial charge >= 0.3 is 0 Å². The highest BCUT2D eigenvalue weighted by Crippen LogP contribution is 2.26. The second-order valence-corrected chi connectivity index (χ2v) is 15.8. The monoisotopic (exact) mass is 729 g/mol. The summed E-state index contributed by atoms with van der Waals surface area (Å²) < 4.78 is 18.1. The molecule has 1 heterocycles. The third kappa shape index (κ3) is 27.0. The number of unbranched alkanes of at least 4 members (excludes halogenated alkanes) is 28. The zero-order chi connectivity index (χ0) is 35.6. The number of thiocarbonyl (C=S) groups is 2. The number of hydrogen-bond acceptors (Lipinski definition) is 7. The van der Waals surface area contributed by atoms with Crippen LogP contribution in [0.25, 0.3) is 0 Å². The van der Waals surface area contributed by atoms with Crippen molar-refractivity contribution in [2.75, 3.05) is 13.2 Å². The second kappa shape index (κ2) is 34.7. The van der Waals surface area contributed by atoms with Gasteiger partial charge < -0.3 is 24.4 Å². The largest absolute Gasteiger partial charge is 0.477 e. The van der Waals surface area contributed by atoms with Gasteiger partial charge in [0.05, 0.1) is 13.2 Å². The van der Waals surface area contributed by atoms with Gasteiger partial charge in [0.25, 0.3) is 0 Å². The third-order valence-electron chi connectivity index (χ3n) is 10.2. The fourth-order valence-corrected chi connectivity index (χ4v) is 7.53. The summed E-state index contributed by atoms with van der Waals surface area (Å²) in [4.78, 5) is 0. The van der Waals surface area contributed by atoms with E-state index >= 15 is 0 Å². The molecule has 1 aliphatic heterocycles. The van der Waals surface area contributed by atoms with Crippen LogP contribution in [0.5, 0.6) is 0 Å². The standard InChI is InChI=1S/C42H80O5S2/c1-3-5-7-9-11-13-15-17-19-21-23-25-27-29-31-33-39(48)46-38-36-45-41(37(44)35-43)42(38)47-40(49)34-32-30-28-26-24-22-20-18-16-14-12-10-8-6-4-2/h37-38,41-44H,3-36H2,1-2H3/t37-,38+,41-,42-/m1/s1. The molecular formula is C42H80O5S2. The van der Waals surface area contributed by atoms with Crippen LogP contribution in [0.1, 0.15) is 219 Å². The first-order chi connectivity index (χ1) is 24.0. The van der Waals surface area contributed by atoms with Crippen molar-refractivity contribution in [1.29, 1.82) is 0 Å². The molecule has 0 aromatic rings. The Morgan fingerprint density at radius 2 is 0.837 bits per heavy atom. The van der Waals surface area contributed by atoms with E-state index in [0.29, 0.717) is 16.5 Å². The maximum atomic E-state index is 10.4. The van der Waals surface area contributed by atoms with Crippen LogP contribution in [0, 0.1) is 0 Å². The minimum atomic E-state index is -1.05. The number of ether oxygens (including phenoxy) is 3. The summed E-state index contributed by atoms with van der Waals surface area (Å²) >= 11 is 11.2. The van der Waals surface area contributed by atoms with E-state index in [-0.39, 0.29) is 6.61 Å². The Morgan fingerprint density at radius 1 is 0.531 bits per heavy atom. The first kappa shape index (κ1) is 46.7. The topological polar surface area (TPSA) is 68.2 Å². The predicted molar refractivity (Wildman–Crippen MR) is 217 cm³/mol. The van der Waals surface area contributed by atoms with Crippen LogP contribution in [-0.2, 0) is 14.2 Å². The van der Waals surface area contributed by atoms with Crippen LogP contribution in [0.2, 0.25) is 0 Å². The van der Waals surface area contributed by atoms with Crippen molar-refractivity contribution >= 4 is 34.5 Å². The molecule has 0 spiro atoms. The van der Waals surface area contributed by atoms with Gasteiger partial charge in [-0.3, -0.25) is 0 Å². The molecule has 1 fully saturated rings. The smallest absolute Gasteiger partial charge is 0.167 e. The van der Waals surface area contributed by atoms with Crippen molar-refractivity contribution in [3.05, 3.63) is 0 Å². The van der Waals surface area contributed by atoms with E-state index in [1.165, 1.54) is 167 Å². The van der Waals surface area contributed by atoms with E-state index in [4.69, 9.17) is 38.6 Å². The first-order valence-electron chi connectivity index (χ1n) is 21.3. The molecule has 5 nitrogen and oxygen atoms in total. The minimum Gasteiger partial charge on any atom is -0.477 e. The fraction of sp³-hybridized carbons (Fsp3) is 0.952. The van der Waals surface area contributed by atoms with Crippen LogP contribution in [0.15, 0.2) is 0 Å². The number of hydrogen-bond donors (Lipinski definition) is 2. The quantitative estimate of drug-likeness (QED) is 0.0492. The first-order valence-corrected chi connectivity index (χ1v) is 22.1. The molecule has 0 bridgehead atoms. The van der Waals surface area contributed by atoms with E-state index in [1.54, 1.807) is 0 Å². The molecule has 1 aliphatic rings. The second-order valence-electron chi connectivity index (χ2n) is 14.9. The van der Waals surface area contributed by atoms with Crippen LogP contribution in [-0.4, -0.2) is 57.9 Å². The van der Waals surface area contributed by atoms with Crippen molar-refractivity contribution in [3.8, 4) is 0 Å². The van der Waals surface area contributed by atoms with Gasteiger partial charge in [-0.05, 0) is 37.3 Å². The highest BCUT2D eigenvalue weighted by molar-refractivity contribution is 7.80. The molecule has 7 heteroatoms. The normalized spacial score (nSPS) is 18.2. The molecule has 0 aromatic heterocycles. The van der Waals surface area contributed by atoms with E-state index in [1.807, 2.05) is 0 Å². The summed E-state index contributed by atoms with van der Waals surface area (Å²) in [5.74, 6) is 0. The number of aliphatic hydroxyl groups is 2. The summed E-state index contributed by atoms with van der Waals surface area (Å²) in [6.45, 7) is 4.44. The lowest BCUT2D eigenvalue weighted by atomic mass is 10.0. The van der Waals surface area contributed by atoms with Crippen LogP contribution >= 0.6 is 24.4 Å². The van der Waals surface area contributed by atoms with Gasteiger partial charge in [0.15, 0.2) is 22.3 Å². The Labute approximate surface area is 314 Å². The van der Waals surface area contributed by atoms with Crippen molar-refractivity contribution in [1.82, 2.24) is 0 Å². The lowest BCUT2D eigenvalue weighted by Gasteiger charge is -2.27. The molecule has 1 saturated heterocycles. The maximum Gasteiger partial charge on any atom is 0.167 e. The van der Waals surface area contributed by atoms with Crippen LogP contribution in [0.3, 0.4) is 0 Å². The summed E-state index contributed by atoms with van der Waals surface area (Å²) in [6, 6.07) is 0. The van der Waals surface area contributed by atoms with Crippen molar-refractivity contribution in [2.24, 2.45) is 0 Å². The average molecular weight is 729 g/mol. The molecule has 2 N–H and O–H groups in total. The molecule has 4 atom stereocenters. The van der Waals surface area contributed by atoms with Crippen LogP contribution < -0.4 is 0 Å². The Kier molecular flexibility index (Phi) is 33.1. The maximum absolute atomic E-state index is 10.4. The molecule has 1 rings (SSSR count). The SMILES string of the molecule is CCCCCCCCCCCCCCCCCC(=S)O[C@H]1[C@@H]([C@H](O)CO)OC[C@@H]1OC(=S)CCCCCCCCCCCCCCCCC. The molecule has 0 aliphatic carbocycles. The fourth-order valence-electron chi connectivity index (χ4n) is 7.00. The lowest BCUT2D eigenvalue weighted by molar-refractivity contribution is -0.0639. The summed E-state index contributed by atoms with van der Waals surface area (Å²) in [7, 11) is 0. The molecule has 0 radical (unpaired) electrons. The molecule has 0 amide bonds. The van der Waals surface area contributed by atoms with Gasteiger partial charge in [0.2, 0.25) is 0 Å². The van der Waals surface area contributed by atoms with E-state index in [2.05, 4.69) is 13.8 Å². The highest BCUT2D eigenvalue weighted by atomic mass is 32.1. The van der Waals surface area contributed by atoms with E-state index in [9.17, 15) is 10.2 Å². The predicted octanol–water partition coefficient (Wildman–Crippen LogP) is 12.7. The third-order valence-corrected chi connectivity index (χ3v) is 10.8. The van der Waals surface area contributed by atoms with Crippen LogP contribution in [0.4, 0.5) is 0 Å². The summed E-state index contributed by atoms with van der Waals surface area (Å²) in [5.41, 5.74) is 0. The van der Waals surface area contributed by atoms with Gasteiger partial charge in [-0.15, -0.1) is 0 Å². The lowest BCUT2D eigenvalue weighted by Crippen LogP contribution is -2.44. The van der Waals surface area contributed by atoms with E-state index in [0.717, 1.165) is 32.1 Å². The Bertz CT molecular complexity index is 751. The summed E-state index contributed by atoms with van der Waals surface area (Å²) in [6.07, 6.45) is 38.7. The van der Waals surface area contributed by atoms with Crippen molar-refractivity contribution < 1.29 is 24.4 Å². The molecule has 49 heavy (non-hydrogen) atoms. The number of rotatable bonds is 36. The minimum absolute atomic E-state index is 0.271. The van der Waals surface area contributed by atoms with Gasteiger partial charge in [0, 0.05) is 12.8 Å². The molecule has 290 valence electrons. The Hall–Kier alpha value is -0.340. The molecular weight excluding hydrogens is 649 g/mol. The zero-order valence-electron chi connectivity index (χ0n) is 32.3. The zero-order valence-corrected chi connectivity index (χ0v) is 33.9. The Morgan fingerprint density at radius 3 is 1.16 bits per heavy atom. The van der Waals surface area contributed by atoms with Gasteiger partial charge in [-0.25, -0.2) is 0 Å².